The quantitative estimate of drug-likeness (QED) is 0.512. The summed E-state index contributed by atoms with van der Waals surface area (Å²) in [6, 6.07) is 7.03. The van der Waals surface area contributed by atoms with Crippen molar-refractivity contribution in [3.05, 3.63) is 57.5 Å². The molecule has 1 saturated heterocycles. The van der Waals surface area contributed by atoms with Gasteiger partial charge in [0, 0.05) is 19.6 Å². The standard InChI is InChI=1S/C14H17N3O4/c1-21-14(18)12-5-3-11(4-6-12)9-16-8-2-7-15-13(16)10-17(19)20/h3-6,10,15H,2,7-9H2,1H3. The van der Waals surface area contributed by atoms with Crippen LogP contribution in [0.5, 0.6) is 0 Å². The van der Waals surface area contributed by atoms with Crippen molar-refractivity contribution in [2.24, 2.45) is 0 Å². The number of rotatable bonds is 4. The van der Waals surface area contributed by atoms with Crippen molar-refractivity contribution in [3.8, 4) is 0 Å². The molecule has 1 aromatic carbocycles. The summed E-state index contributed by atoms with van der Waals surface area (Å²) in [4.78, 5) is 23.4. The molecule has 7 heteroatoms. The molecule has 112 valence electrons. The Morgan fingerprint density at radius 1 is 1.48 bits per heavy atom. The summed E-state index contributed by atoms with van der Waals surface area (Å²) < 4.78 is 4.64. The average molecular weight is 291 g/mol. The molecular formula is C14H17N3O4. The number of ether oxygens (including phenoxy) is 1. The molecule has 1 aromatic rings. The van der Waals surface area contributed by atoms with Gasteiger partial charge >= 0.3 is 5.97 Å². The Morgan fingerprint density at radius 3 is 2.81 bits per heavy atom. The van der Waals surface area contributed by atoms with Crippen LogP contribution in [0.1, 0.15) is 22.3 Å². The summed E-state index contributed by atoms with van der Waals surface area (Å²) in [5.74, 6) is 0.137. The van der Waals surface area contributed by atoms with Crippen molar-refractivity contribution in [1.29, 1.82) is 0 Å². The van der Waals surface area contributed by atoms with Crippen LogP contribution in [0.2, 0.25) is 0 Å². The zero-order valence-corrected chi connectivity index (χ0v) is 11.7. The Kier molecular flexibility index (Phi) is 4.76. The summed E-state index contributed by atoms with van der Waals surface area (Å²) in [6.45, 7) is 2.04. The first-order chi connectivity index (χ1) is 10.1. The molecule has 21 heavy (non-hydrogen) atoms. The smallest absolute Gasteiger partial charge is 0.337 e. The fraction of sp³-hybridized carbons (Fsp3) is 0.357. The number of carbonyl (C=O) groups is 1. The van der Waals surface area contributed by atoms with E-state index in [1.165, 1.54) is 7.11 Å². The van der Waals surface area contributed by atoms with Gasteiger partial charge in [-0.05, 0) is 24.1 Å². The van der Waals surface area contributed by atoms with E-state index in [1.54, 1.807) is 12.1 Å². The van der Waals surface area contributed by atoms with Crippen LogP contribution in [0.15, 0.2) is 36.3 Å². The molecule has 1 aliphatic heterocycles. The topological polar surface area (TPSA) is 84.7 Å². The predicted molar refractivity (Wildman–Crippen MR) is 75.9 cm³/mol. The van der Waals surface area contributed by atoms with E-state index in [1.807, 2.05) is 17.0 Å². The molecule has 0 radical (unpaired) electrons. The third kappa shape index (κ3) is 3.95. The summed E-state index contributed by atoms with van der Waals surface area (Å²) in [6.07, 6.45) is 1.91. The largest absolute Gasteiger partial charge is 0.465 e. The number of benzene rings is 1. The minimum absolute atomic E-state index is 0.380. The zero-order valence-electron chi connectivity index (χ0n) is 11.7. The third-order valence-electron chi connectivity index (χ3n) is 3.23. The molecular weight excluding hydrogens is 274 g/mol. The number of nitro groups is 1. The van der Waals surface area contributed by atoms with Gasteiger partial charge < -0.3 is 15.0 Å². The molecule has 7 nitrogen and oxygen atoms in total. The van der Waals surface area contributed by atoms with Gasteiger partial charge in [-0.3, -0.25) is 10.1 Å². The zero-order chi connectivity index (χ0) is 15.2. The molecule has 0 unspecified atom stereocenters. The number of carbonyl (C=O) groups excluding carboxylic acids is 1. The van der Waals surface area contributed by atoms with Crippen molar-refractivity contribution in [2.75, 3.05) is 20.2 Å². The molecule has 0 bridgehead atoms. The molecule has 1 heterocycles. The van der Waals surface area contributed by atoms with Crippen LogP contribution in [0.3, 0.4) is 0 Å². The number of methoxy groups -OCH3 is 1. The predicted octanol–water partition coefficient (Wildman–Crippen LogP) is 1.34. The minimum atomic E-state index is -0.457. The van der Waals surface area contributed by atoms with E-state index in [2.05, 4.69) is 10.1 Å². The molecule has 1 N–H and O–H groups in total. The molecule has 1 aliphatic rings. The first kappa shape index (κ1) is 14.8. The normalized spacial score (nSPS) is 16.4. The minimum Gasteiger partial charge on any atom is -0.465 e. The summed E-state index contributed by atoms with van der Waals surface area (Å²) in [7, 11) is 1.34. The molecule has 0 atom stereocenters. The van der Waals surface area contributed by atoms with E-state index in [0.29, 0.717) is 17.9 Å². The molecule has 2 rings (SSSR count). The highest BCUT2D eigenvalue weighted by Crippen LogP contribution is 2.14. The van der Waals surface area contributed by atoms with Gasteiger partial charge in [-0.2, -0.15) is 0 Å². The molecule has 0 amide bonds. The summed E-state index contributed by atoms with van der Waals surface area (Å²) >= 11 is 0. The van der Waals surface area contributed by atoms with Crippen LogP contribution in [0.4, 0.5) is 0 Å². The fourth-order valence-electron chi connectivity index (χ4n) is 2.19. The number of nitrogens with zero attached hydrogens (tertiary/aromatic N) is 2. The lowest BCUT2D eigenvalue weighted by Crippen LogP contribution is -2.39. The van der Waals surface area contributed by atoms with Gasteiger partial charge in [0.1, 0.15) is 0 Å². The lowest BCUT2D eigenvalue weighted by atomic mass is 10.1. The van der Waals surface area contributed by atoms with Gasteiger partial charge in [0.25, 0.3) is 6.20 Å². The van der Waals surface area contributed by atoms with E-state index >= 15 is 0 Å². The van der Waals surface area contributed by atoms with Gasteiger partial charge in [0.05, 0.1) is 17.6 Å². The molecule has 0 aromatic heterocycles. The van der Waals surface area contributed by atoms with Gasteiger partial charge in [0.15, 0.2) is 5.82 Å². The first-order valence-electron chi connectivity index (χ1n) is 6.61. The highest BCUT2D eigenvalue weighted by Gasteiger charge is 2.17. The van der Waals surface area contributed by atoms with E-state index < -0.39 is 4.92 Å². The molecule has 0 saturated carbocycles. The molecule has 0 aliphatic carbocycles. The fourth-order valence-corrected chi connectivity index (χ4v) is 2.19. The van der Waals surface area contributed by atoms with Crippen molar-refractivity contribution >= 4 is 5.97 Å². The SMILES string of the molecule is COC(=O)c1ccc(CN2CCCNC2=C[N+](=O)[O-])cc1. The number of nitrogens with one attached hydrogen (secondary N) is 1. The Labute approximate surface area is 122 Å². The molecule has 0 spiro atoms. The van der Waals surface area contributed by atoms with E-state index in [9.17, 15) is 14.9 Å². The third-order valence-corrected chi connectivity index (χ3v) is 3.23. The summed E-state index contributed by atoms with van der Waals surface area (Å²) in [5, 5.41) is 13.7. The van der Waals surface area contributed by atoms with Crippen molar-refractivity contribution in [3.63, 3.8) is 0 Å². The van der Waals surface area contributed by atoms with E-state index in [0.717, 1.165) is 31.3 Å². The highest BCUT2D eigenvalue weighted by molar-refractivity contribution is 5.89. The van der Waals surface area contributed by atoms with Gasteiger partial charge in [-0.25, -0.2) is 4.79 Å². The van der Waals surface area contributed by atoms with E-state index in [4.69, 9.17) is 0 Å². The average Bonchev–Trinajstić information content (AvgIpc) is 2.49. The van der Waals surface area contributed by atoms with Crippen LogP contribution >= 0.6 is 0 Å². The second kappa shape index (κ2) is 6.74. The Balaban J connectivity index is 2.09. The van der Waals surface area contributed by atoms with Gasteiger partial charge in [0.2, 0.25) is 0 Å². The van der Waals surface area contributed by atoms with Gasteiger partial charge in [-0.15, -0.1) is 0 Å². The number of esters is 1. The number of hydrogen-bond acceptors (Lipinski definition) is 6. The number of hydrogen-bond donors (Lipinski definition) is 1. The highest BCUT2D eigenvalue weighted by atomic mass is 16.6. The first-order valence-corrected chi connectivity index (χ1v) is 6.61. The maximum absolute atomic E-state index is 11.4. The van der Waals surface area contributed by atoms with Crippen molar-refractivity contribution in [1.82, 2.24) is 10.2 Å². The second-order valence-electron chi connectivity index (χ2n) is 4.69. The van der Waals surface area contributed by atoms with Crippen LogP contribution in [-0.2, 0) is 11.3 Å². The maximum Gasteiger partial charge on any atom is 0.337 e. The van der Waals surface area contributed by atoms with Crippen LogP contribution < -0.4 is 5.32 Å². The van der Waals surface area contributed by atoms with Crippen LogP contribution in [-0.4, -0.2) is 36.0 Å². The Bertz CT molecular complexity index is 554. The maximum atomic E-state index is 11.4. The summed E-state index contributed by atoms with van der Waals surface area (Å²) in [5.41, 5.74) is 1.46. The van der Waals surface area contributed by atoms with Crippen LogP contribution in [0.25, 0.3) is 0 Å². The Hall–Kier alpha value is -2.57. The molecule has 1 fully saturated rings. The lowest BCUT2D eigenvalue weighted by molar-refractivity contribution is -0.405. The Morgan fingerprint density at radius 2 is 2.19 bits per heavy atom. The van der Waals surface area contributed by atoms with Gasteiger partial charge in [-0.1, -0.05) is 12.1 Å². The van der Waals surface area contributed by atoms with Crippen LogP contribution in [0, 0.1) is 10.1 Å². The van der Waals surface area contributed by atoms with Crippen molar-refractivity contribution in [2.45, 2.75) is 13.0 Å². The second-order valence-corrected chi connectivity index (χ2v) is 4.69. The van der Waals surface area contributed by atoms with Crippen molar-refractivity contribution < 1.29 is 14.5 Å². The monoisotopic (exact) mass is 291 g/mol. The van der Waals surface area contributed by atoms with E-state index in [-0.39, 0.29) is 5.97 Å². The lowest BCUT2D eigenvalue weighted by Gasteiger charge is -2.30.